The van der Waals surface area contributed by atoms with Crippen LogP contribution in [0.25, 0.3) is 5.70 Å². The number of hydrogen-bond donors (Lipinski definition) is 0. The summed E-state index contributed by atoms with van der Waals surface area (Å²) in [6, 6.07) is 14.2. The third-order valence-electron chi connectivity index (χ3n) is 5.98. The number of pyridine rings is 1. The number of likely N-dealkylation sites (tertiary alicyclic amines) is 1. The van der Waals surface area contributed by atoms with E-state index in [1.54, 1.807) is 12.4 Å². The van der Waals surface area contributed by atoms with Crippen molar-refractivity contribution < 1.29 is 0 Å². The maximum absolute atomic E-state index is 9.01. The molecule has 4 nitrogen and oxygen atoms in total. The fourth-order valence-electron chi connectivity index (χ4n) is 4.14. The Morgan fingerprint density at radius 3 is 2.58 bits per heavy atom. The molecule has 2 aromatic rings. The van der Waals surface area contributed by atoms with Gasteiger partial charge in [0.15, 0.2) is 0 Å². The van der Waals surface area contributed by atoms with Crippen LogP contribution in [0.3, 0.4) is 0 Å². The van der Waals surface area contributed by atoms with Crippen molar-refractivity contribution in [3.05, 3.63) is 96.5 Å². The molecule has 0 spiro atoms. The van der Waals surface area contributed by atoms with Crippen LogP contribution >= 0.6 is 0 Å². The van der Waals surface area contributed by atoms with E-state index in [4.69, 9.17) is 5.26 Å². The van der Waals surface area contributed by atoms with Crippen molar-refractivity contribution >= 4 is 11.4 Å². The Kier molecular flexibility index (Phi) is 7.20. The highest BCUT2D eigenvalue weighted by Gasteiger charge is 2.31. The summed E-state index contributed by atoms with van der Waals surface area (Å²) in [5.74, 6) is 0. The molecule has 0 atom stereocenters. The monoisotopic (exact) mass is 410 g/mol. The maximum Gasteiger partial charge on any atom is 0.0991 e. The molecule has 1 aromatic carbocycles. The average Bonchev–Trinajstić information content (AvgIpc) is 2.79. The molecule has 0 saturated carbocycles. The number of aliphatic imine (C=N–C) groups is 1. The zero-order chi connectivity index (χ0) is 22.3. The van der Waals surface area contributed by atoms with Crippen molar-refractivity contribution in [1.29, 1.82) is 5.26 Å². The molecule has 0 bridgehead atoms. The van der Waals surface area contributed by atoms with Gasteiger partial charge < -0.3 is 4.90 Å². The summed E-state index contributed by atoms with van der Waals surface area (Å²) >= 11 is 0. The predicted octanol–water partition coefficient (Wildman–Crippen LogP) is 5.78. The summed E-state index contributed by atoms with van der Waals surface area (Å²) in [5, 5.41) is 9.01. The molecule has 31 heavy (non-hydrogen) atoms. The van der Waals surface area contributed by atoms with Crippen molar-refractivity contribution in [2.45, 2.75) is 33.1 Å². The molecule has 0 N–H and O–H groups in total. The van der Waals surface area contributed by atoms with Crippen LogP contribution in [-0.4, -0.2) is 28.7 Å². The number of nitrogens with zero attached hydrogens (tertiary/aromatic N) is 4. The molecular weight excluding hydrogens is 380 g/mol. The molecule has 1 aliphatic rings. The molecular formula is C27H30N4. The van der Waals surface area contributed by atoms with E-state index in [0.717, 1.165) is 55.0 Å². The first-order valence-corrected chi connectivity index (χ1v) is 10.7. The molecule has 0 unspecified atom stereocenters. The summed E-state index contributed by atoms with van der Waals surface area (Å²) in [5.41, 5.74) is 5.86. The van der Waals surface area contributed by atoms with Crippen molar-refractivity contribution in [2.75, 3.05) is 13.1 Å². The van der Waals surface area contributed by atoms with Crippen LogP contribution in [0.1, 0.15) is 49.1 Å². The van der Waals surface area contributed by atoms with Crippen LogP contribution < -0.4 is 0 Å². The van der Waals surface area contributed by atoms with E-state index in [0.29, 0.717) is 5.56 Å². The molecule has 158 valence electrons. The summed E-state index contributed by atoms with van der Waals surface area (Å²) in [6.07, 6.45) is 10.4. The molecule has 1 fully saturated rings. The highest BCUT2D eigenvalue weighted by molar-refractivity contribution is 6.10. The van der Waals surface area contributed by atoms with Crippen molar-refractivity contribution in [1.82, 2.24) is 9.88 Å². The number of piperidine rings is 1. The van der Waals surface area contributed by atoms with Crippen molar-refractivity contribution in [3.8, 4) is 6.07 Å². The topological polar surface area (TPSA) is 52.3 Å². The van der Waals surface area contributed by atoms with Crippen LogP contribution in [0.15, 0.2) is 79.1 Å². The lowest BCUT2D eigenvalue weighted by atomic mass is 9.75. The third-order valence-corrected chi connectivity index (χ3v) is 5.98. The average molecular weight is 411 g/mol. The molecule has 1 saturated heterocycles. The van der Waals surface area contributed by atoms with E-state index in [1.807, 2.05) is 37.3 Å². The quantitative estimate of drug-likeness (QED) is 0.544. The number of hydrogen-bond acceptors (Lipinski definition) is 4. The minimum Gasteiger partial charge on any atom is -0.371 e. The Hall–Kier alpha value is -3.45. The third kappa shape index (κ3) is 5.38. The van der Waals surface area contributed by atoms with E-state index in [9.17, 15) is 0 Å². The second-order valence-corrected chi connectivity index (χ2v) is 8.33. The Morgan fingerprint density at radius 1 is 1.26 bits per heavy atom. The summed E-state index contributed by atoms with van der Waals surface area (Å²) in [4.78, 5) is 11.4. The van der Waals surface area contributed by atoms with Gasteiger partial charge in [-0.1, -0.05) is 38.3 Å². The van der Waals surface area contributed by atoms with Gasteiger partial charge in [-0.15, -0.1) is 0 Å². The van der Waals surface area contributed by atoms with Gasteiger partial charge in [-0.25, -0.2) is 0 Å². The zero-order valence-corrected chi connectivity index (χ0v) is 18.5. The lowest BCUT2D eigenvalue weighted by molar-refractivity contribution is 0.161. The lowest BCUT2D eigenvalue weighted by Gasteiger charge is -2.41. The molecule has 1 aromatic heterocycles. The van der Waals surface area contributed by atoms with Gasteiger partial charge in [-0.2, -0.15) is 5.26 Å². The SMILES string of the molecule is C=CN=C(/C=C\C)c1ncccc1C(=C)N1CCC(C)(Cc2ccc(C#N)cc2)CC1. The first-order valence-electron chi connectivity index (χ1n) is 10.7. The van der Waals surface area contributed by atoms with Crippen molar-refractivity contribution in [3.63, 3.8) is 0 Å². The Balaban J connectivity index is 1.72. The largest absolute Gasteiger partial charge is 0.371 e. The molecule has 0 radical (unpaired) electrons. The van der Waals surface area contributed by atoms with Crippen LogP contribution in [-0.2, 0) is 6.42 Å². The summed E-state index contributed by atoms with van der Waals surface area (Å²) in [7, 11) is 0. The molecule has 0 aliphatic carbocycles. The summed E-state index contributed by atoms with van der Waals surface area (Å²) < 4.78 is 0. The highest BCUT2D eigenvalue weighted by atomic mass is 15.1. The molecule has 1 aliphatic heterocycles. The van der Waals surface area contributed by atoms with E-state index >= 15 is 0 Å². The minimum atomic E-state index is 0.239. The van der Waals surface area contributed by atoms with Gasteiger partial charge in [-0.05, 0) is 67.5 Å². The standard InChI is InChI=1S/C27H30N4/c1-5-8-25(29-6-2)26-24(9-7-16-30-26)21(3)31-17-14-27(4,15-18-31)19-22-10-12-23(20-28)13-11-22/h5-13,16H,2-3,14-15,17-19H2,1,4H3/b8-5-,29-25?. The van der Waals surface area contributed by atoms with Gasteiger partial charge in [-0.3, -0.25) is 9.98 Å². The van der Waals surface area contributed by atoms with E-state index in [-0.39, 0.29) is 5.41 Å². The molecule has 4 heteroatoms. The van der Waals surface area contributed by atoms with Crippen molar-refractivity contribution in [2.24, 2.45) is 10.4 Å². The number of rotatable bonds is 7. The number of benzene rings is 1. The second-order valence-electron chi connectivity index (χ2n) is 8.33. The van der Waals surface area contributed by atoms with Gasteiger partial charge in [0.25, 0.3) is 0 Å². The van der Waals surface area contributed by atoms with Gasteiger partial charge in [0, 0.05) is 36.7 Å². The Bertz CT molecular complexity index is 1030. The van der Waals surface area contributed by atoms with E-state index in [1.165, 1.54) is 5.56 Å². The zero-order valence-electron chi connectivity index (χ0n) is 18.5. The lowest BCUT2D eigenvalue weighted by Crippen LogP contribution is -2.38. The minimum absolute atomic E-state index is 0.239. The first kappa shape index (κ1) is 22.2. The Labute approximate surface area is 186 Å². The van der Waals surface area contributed by atoms with Gasteiger partial charge in [0.1, 0.15) is 0 Å². The number of nitriles is 1. The van der Waals surface area contributed by atoms with Crippen LogP contribution in [0.2, 0.25) is 0 Å². The van der Waals surface area contributed by atoms with Crippen LogP contribution in [0.4, 0.5) is 0 Å². The molecule has 2 heterocycles. The normalized spacial score (nSPS) is 16.2. The number of aromatic nitrogens is 1. The summed E-state index contributed by atoms with van der Waals surface area (Å²) in [6.45, 7) is 14.4. The van der Waals surface area contributed by atoms with E-state index in [2.05, 4.69) is 59.2 Å². The smallest absolute Gasteiger partial charge is 0.0991 e. The highest BCUT2D eigenvalue weighted by Crippen LogP contribution is 2.37. The predicted molar refractivity (Wildman–Crippen MR) is 129 cm³/mol. The second kappa shape index (κ2) is 10.0. The first-order chi connectivity index (χ1) is 15.0. The fourth-order valence-corrected chi connectivity index (χ4v) is 4.14. The van der Waals surface area contributed by atoms with Crippen LogP contribution in [0.5, 0.6) is 0 Å². The molecule has 3 rings (SSSR count). The van der Waals surface area contributed by atoms with Crippen LogP contribution in [0, 0.1) is 16.7 Å². The maximum atomic E-state index is 9.01. The molecule has 0 amide bonds. The number of allylic oxidation sites excluding steroid dienone is 2. The Morgan fingerprint density at radius 2 is 1.97 bits per heavy atom. The van der Waals surface area contributed by atoms with Gasteiger partial charge in [0.2, 0.25) is 0 Å². The van der Waals surface area contributed by atoms with Gasteiger partial charge >= 0.3 is 0 Å². The van der Waals surface area contributed by atoms with E-state index < -0.39 is 0 Å². The fraction of sp³-hybridized carbons (Fsp3) is 0.296. The van der Waals surface area contributed by atoms with Gasteiger partial charge in [0.05, 0.1) is 23.0 Å².